The predicted octanol–water partition coefficient (Wildman–Crippen LogP) is 2.50. The molecule has 1 aromatic carbocycles. The number of hydrogen-bond acceptors (Lipinski definition) is 2. The normalized spacial score (nSPS) is 13.3. The Morgan fingerprint density at radius 2 is 2.07 bits per heavy atom. The van der Waals surface area contributed by atoms with E-state index < -0.39 is 6.10 Å². The van der Waals surface area contributed by atoms with Gasteiger partial charge < -0.3 is 9.67 Å². The molecule has 1 aromatic heterocycles. The van der Waals surface area contributed by atoms with E-state index in [9.17, 15) is 5.11 Å². The topological polar surface area (TPSA) is 38.1 Å². The molecule has 0 aliphatic rings. The van der Waals surface area contributed by atoms with Crippen molar-refractivity contribution < 1.29 is 5.11 Å². The maximum absolute atomic E-state index is 9.86. The van der Waals surface area contributed by atoms with Gasteiger partial charge in [0.1, 0.15) is 11.9 Å². The van der Waals surface area contributed by atoms with Crippen molar-refractivity contribution in [1.29, 1.82) is 0 Å². The van der Waals surface area contributed by atoms with Gasteiger partial charge in [0.2, 0.25) is 0 Å². The molecule has 0 fully saturated rings. The molecule has 2 aromatic rings. The zero-order valence-corrected chi connectivity index (χ0v) is 9.14. The van der Waals surface area contributed by atoms with Gasteiger partial charge in [-0.2, -0.15) is 0 Å². The zero-order chi connectivity index (χ0) is 10.8. The molecule has 0 bridgehead atoms. The average Bonchev–Trinajstić information content (AvgIpc) is 2.66. The van der Waals surface area contributed by atoms with Crippen LogP contribution in [-0.4, -0.2) is 14.7 Å². The SMILES string of the molecule is CC[C@H](O)c1nc2ccccc2n1CC. The average molecular weight is 204 g/mol. The molecule has 15 heavy (non-hydrogen) atoms. The summed E-state index contributed by atoms with van der Waals surface area (Å²) in [6, 6.07) is 7.99. The summed E-state index contributed by atoms with van der Waals surface area (Å²) < 4.78 is 2.07. The predicted molar refractivity (Wildman–Crippen MR) is 60.7 cm³/mol. The number of aliphatic hydroxyl groups is 1. The van der Waals surface area contributed by atoms with Crippen LogP contribution >= 0.6 is 0 Å². The Labute approximate surface area is 89.4 Å². The molecule has 1 atom stereocenters. The molecule has 0 saturated heterocycles. The zero-order valence-electron chi connectivity index (χ0n) is 9.14. The number of benzene rings is 1. The first kappa shape index (κ1) is 10.2. The highest BCUT2D eigenvalue weighted by Gasteiger charge is 2.14. The lowest BCUT2D eigenvalue weighted by atomic mass is 10.2. The maximum Gasteiger partial charge on any atom is 0.138 e. The Morgan fingerprint density at radius 3 is 2.73 bits per heavy atom. The molecule has 0 amide bonds. The van der Waals surface area contributed by atoms with Crippen molar-refractivity contribution in [3.05, 3.63) is 30.1 Å². The van der Waals surface area contributed by atoms with Gasteiger partial charge in [-0.3, -0.25) is 0 Å². The number of aliphatic hydroxyl groups excluding tert-OH is 1. The van der Waals surface area contributed by atoms with Crippen molar-refractivity contribution in [3.8, 4) is 0 Å². The Kier molecular flexibility index (Phi) is 2.73. The van der Waals surface area contributed by atoms with Crippen molar-refractivity contribution in [2.75, 3.05) is 0 Å². The lowest BCUT2D eigenvalue weighted by Gasteiger charge is -2.09. The number of nitrogens with zero attached hydrogens (tertiary/aromatic N) is 2. The summed E-state index contributed by atoms with van der Waals surface area (Å²) in [5, 5.41) is 9.86. The first-order valence-electron chi connectivity index (χ1n) is 5.41. The van der Waals surface area contributed by atoms with Crippen molar-refractivity contribution in [3.63, 3.8) is 0 Å². The fraction of sp³-hybridized carbons (Fsp3) is 0.417. The quantitative estimate of drug-likeness (QED) is 0.834. The summed E-state index contributed by atoms with van der Waals surface area (Å²) in [4.78, 5) is 4.47. The number of hydrogen-bond donors (Lipinski definition) is 1. The van der Waals surface area contributed by atoms with E-state index in [1.807, 2.05) is 31.2 Å². The van der Waals surface area contributed by atoms with Crippen molar-refractivity contribution >= 4 is 11.0 Å². The maximum atomic E-state index is 9.86. The minimum Gasteiger partial charge on any atom is -0.385 e. The number of imidazole rings is 1. The van der Waals surface area contributed by atoms with E-state index >= 15 is 0 Å². The number of aryl methyl sites for hydroxylation is 1. The minimum absolute atomic E-state index is 0.461. The van der Waals surface area contributed by atoms with Gasteiger partial charge in [0.25, 0.3) is 0 Å². The highest BCUT2D eigenvalue weighted by atomic mass is 16.3. The van der Waals surface area contributed by atoms with Gasteiger partial charge in [0.05, 0.1) is 11.0 Å². The number of fused-ring (bicyclic) bond motifs is 1. The molecule has 3 nitrogen and oxygen atoms in total. The van der Waals surface area contributed by atoms with Crippen LogP contribution in [0.15, 0.2) is 24.3 Å². The second-order valence-electron chi connectivity index (χ2n) is 3.63. The van der Waals surface area contributed by atoms with Crippen molar-refractivity contribution in [1.82, 2.24) is 9.55 Å². The molecule has 1 N–H and O–H groups in total. The van der Waals surface area contributed by atoms with Crippen LogP contribution < -0.4 is 0 Å². The van der Waals surface area contributed by atoms with Gasteiger partial charge in [0, 0.05) is 6.54 Å². The first-order valence-corrected chi connectivity index (χ1v) is 5.41. The molecule has 2 rings (SSSR count). The van der Waals surface area contributed by atoms with Crippen LogP contribution in [0.2, 0.25) is 0 Å². The molecule has 0 aliphatic carbocycles. The van der Waals surface area contributed by atoms with Crippen LogP contribution in [0, 0.1) is 0 Å². The minimum atomic E-state index is -0.461. The summed E-state index contributed by atoms with van der Waals surface area (Å²) >= 11 is 0. The van der Waals surface area contributed by atoms with Gasteiger partial charge in [0.15, 0.2) is 0 Å². The molecule has 0 aliphatic heterocycles. The van der Waals surface area contributed by atoms with E-state index in [4.69, 9.17) is 0 Å². The summed E-state index contributed by atoms with van der Waals surface area (Å²) in [5.41, 5.74) is 2.06. The van der Waals surface area contributed by atoms with E-state index in [-0.39, 0.29) is 0 Å². The Morgan fingerprint density at radius 1 is 1.33 bits per heavy atom. The Hall–Kier alpha value is -1.35. The summed E-state index contributed by atoms with van der Waals surface area (Å²) in [7, 11) is 0. The van der Waals surface area contributed by atoms with Gasteiger partial charge in [-0.15, -0.1) is 0 Å². The van der Waals surface area contributed by atoms with E-state index in [1.165, 1.54) is 0 Å². The molecule has 80 valence electrons. The second kappa shape index (κ2) is 4.03. The third-order valence-corrected chi connectivity index (χ3v) is 2.69. The van der Waals surface area contributed by atoms with Crippen LogP contribution in [0.5, 0.6) is 0 Å². The third-order valence-electron chi connectivity index (χ3n) is 2.69. The molecule has 0 saturated carbocycles. The number of para-hydroxylation sites is 2. The van der Waals surface area contributed by atoms with Crippen molar-refractivity contribution in [2.45, 2.75) is 32.9 Å². The lowest BCUT2D eigenvalue weighted by molar-refractivity contribution is 0.160. The number of rotatable bonds is 3. The smallest absolute Gasteiger partial charge is 0.138 e. The summed E-state index contributed by atoms with van der Waals surface area (Å²) in [6.07, 6.45) is 0.237. The molecule has 0 spiro atoms. The monoisotopic (exact) mass is 204 g/mol. The Bertz CT molecular complexity index is 462. The van der Waals surface area contributed by atoms with Crippen LogP contribution in [0.4, 0.5) is 0 Å². The molecule has 0 unspecified atom stereocenters. The van der Waals surface area contributed by atoms with E-state index in [1.54, 1.807) is 0 Å². The molecular formula is C12H16N2O. The largest absolute Gasteiger partial charge is 0.385 e. The molecular weight excluding hydrogens is 188 g/mol. The summed E-state index contributed by atoms with van der Waals surface area (Å²) in [6.45, 7) is 4.87. The third kappa shape index (κ3) is 1.63. The number of aromatic nitrogens is 2. The van der Waals surface area contributed by atoms with Gasteiger partial charge in [-0.1, -0.05) is 19.1 Å². The van der Waals surface area contributed by atoms with Crippen molar-refractivity contribution in [2.24, 2.45) is 0 Å². The van der Waals surface area contributed by atoms with Gasteiger partial charge in [-0.25, -0.2) is 4.98 Å². The van der Waals surface area contributed by atoms with E-state index in [0.29, 0.717) is 6.42 Å². The van der Waals surface area contributed by atoms with E-state index in [0.717, 1.165) is 23.4 Å². The van der Waals surface area contributed by atoms with E-state index in [2.05, 4.69) is 16.5 Å². The lowest BCUT2D eigenvalue weighted by Crippen LogP contribution is -2.06. The standard InChI is InChI=1S/C12H16N2O/c1-3-11(15)12-13-9-7-5-6-8-10(9)14(12)4-2/h5-8,11,15H,3-4H2,1-2H3/t11-/m0/s1. The highest BCUT2D eigenvalue weighted by molar-refractivity contribution is 5.75. The fourth-order valence-corrected chi connectivity index (χ4v) is 1.86. The van der Waals surface area contributed by atoms with Crippen LogP contribution in [-0.2, 0) is 6.54 Å². The molecule has 1 heterocycles. The molecule has 3 heteroatoms. The summed E-state index contributed by atoms with van der Waals surface area (Å²) in [5.74, 6) is 0.779. The van der Waals surface area contributed by atoms with Crippen LogP contribution in [0.3, 0.4) is 0 Å². The Balaban J connectivity index is 2.63. The highest BCUT2D eigenvalue weighted by Crippen LogP contribution is 2.22. The fourth-order valence-electron chi connectivity index (χ4n) is 1.86. The van der Waals surface area contributed by atoms with Gasteiger partial charge in [-0.05, 0) is 25.5 Å². The van der Waals surface area contributed by atoms with Crippen LogP contribution in [0.1, 0.15) is 32.2 Å². The van der Waals surface area contributed by atoms with Crippen LogP contribution in [0.25, 0.3) is 11.0 Å². The molecule has 0 radical (unpaired) electrons. The van der Waals surface area contributed by atoms with Gasteiger partial charge >= 0.3 is 0 Å². The second-order valence-corrected chi connectivity index (χ2v) is 3.63. The first-order chi connectivity index (χ1) is 7.27.